The fourth-order valence-electron chi connectivity index (χ4n) is 2.08. The number of alkyl halides is 1. The van der Waals surface area contributed by atoms with Gasteiger partial charge in [-0.1, -0.05) is 40.2 Å². The average molecular weight is 298 g/mol. The van der Waals surface area contributed by atoms with E-state index in [1.165, 1.54) is 0 Å². The molecule has 1 N–H and O–H groups in total. The first-order chi connectivity index (χ1) is 8.22. The summed E-state index contributed by atoms with van der Waals surface area (Å²) in [5.74, 6) is 0.680. The van der Waals surface area contributed by atoms with E-state index in [2.05, 4.69) is 15.9 Å². The van der Waals surface area contributed by atoms with E-state index in [1.807, 2.05) is 29.2 Å². The maximum absolute atomic E-state index is 11.7. The highest BCUT2D eigenvalue weighted by molar-refractivity contribution is 9.09. The van der Waals surface area contributed by atoms with Crippen molar-refractivity contribution in [2.75, 3.05) is 11.9 Å². The summed E-state index contributed by atoms with van der Waals surface area (Å²) in [6, 6.07) is 7.75. The van der Waals surface area contributed by atoms with Crippen molar-refractivity contribution in [2.45, 2.75) is 19.6 Å². The molecule has 1 heterocycles. The summed E-state index contributed by atoms with van der Waals surface area (Å²) in [7, 11) is 0. The Hall–Kier alpha value is -0.870. The quantitative estimate of drug-likeness (QED) is 0.863. The predicted molar refractivity (Wildman–Crippen MR) is 69.7 cm³/mol. The Morgan fingerprint density at radius 2 is 1.94 bits per heavy atom. The van der Waals surface area contributed by atoms with E-state index in [4.69, 9.17) is 5.11 Å². The molecule has 1 fully saturated rings. The summed E-state index contributed by atoms with van der Waals surface area (Å²) in [5, 5.41) is 9.84. The van der Waals surface area contributed by atoms with Crippen LogP contribution < -0.4 is 0 Å². The first-order valence-corrected chi connectivity index (χ1v) is 6.87. The Bertz CT molecular complexity index is 391. The molecule has 0 aliphatic carbocycles. The molecule has 2 rings (SSSR count). The van der Waals surface area contributed by atoms with E-state index >= 15 is 0 Å². The normalized spacial score (nSPS) is 20.0. The predicted octanol–water partition coefficient (Wildman–Crippen LogP) is 1.92. The monoisotopic (exact) mass is 297 g/mol. The van der Waals surface area contributed by atoms with Gasteiger partial charge in [0, 0.05) is 24.8 Å². The number of rotatable bonds is 4. The van der Waals surface area contributed by atoms with Crippen LogP contribution in [-0.4, -0.2) is 27.8 Å². The van der Waals surface area contributed by atoms with Gasteiger partial charge in [-0.05, 0) is 17.0 Å². The van der Waals surface area contributed by atoms with Crippen molar-refractivity contribution in [3.8, 4) is 0 Å². The number of carbonyl (C=O) groups excluding carboxylic acids is 1. The summed E-state index contributed by atoms with van der Waals surface area (Å²) < 4.78 is 0. The van der Waals surface area contributed by atoms with Crippen molar-refractivity contribution in [2.24, 2.45) is 5.92 Å². The number of amides is 1. The zero-order valence-corrected chi connectivity index (χ0v) is 11.2. The minimum Gasteiger partial charge on any atom is -0.392 e. The van der Waals surface area contributed by atoms with Crippen LogP contribution in [0.1, 0.15) is 17.5 Å². The van der Waals surface area contributed by atoms with Gasteiger partial charge < -0.3 is 10.0 Å². The smallest absolute Gasteiger partial charge is 0.223 e. The average Bonchev–Trinajstić information content (AvgIpc) is 2.71. The van der Waals surface area contributed by atoms with E-state index in [9.17, 15) is 4.79 Å². The Kier molecular flexibility index (Phi) is 4.18. The molecule has 1 aromatic rings. The van der Waals surface area contributed by atoms with Crippen molar-refractivity contribution >= 4 is 21.8 Å². The first-order valence-electron chi connectivity index (χ1n) is 5.75. The molecule has 1 aliphatic heterocycles. The molecular weight excluding hydrogens is 282 g/mol. The van der Waals surface area contributed by atoms with Gasteiger partial charge in [0.05, 0.1) is 6.61 Å². The molecule has 0 aromatic heterocycles. The molecule has 1 saturated heterocycles. The second-order valence-corrected chi connectivity index (χ2v) is 5.12. The molecule has 1 aliphatic rings. The molecule has 1 unspecified atom stereocenters. The lowest BCUT2D eigenvalue weighted by molar-refractivity contribution is -0.128. The SMILES string of the molecule is O=C1CC(CBr)CN1Cc1ccc(CO)cc1. The molecule has 1 amide bonds. The standard InChI is InChI=1S/C13H16BrNO2/c14-6-12-5-13(17)15(8-12)7-10-1-3-11(9-16)4-2-10/h1-4,12,16H,5-9H2. The molecule has 92 valence electrons. The van der Waals surface area contributed by atoms with Crippen molar-refractivity contribution < 1.29 is 9.90 Å². The second-order valence-electron chi connectivity index (χ2n) is 4.47. The summed E-state index contributed by atoms with van der Waals surface area (Å²) in [5.41, 5.74) is 2.02. The van der Waals surface area contributed by atoms with Gasteiger partial charge >= 0.3 is 0 Å². The number of hydrogen-bond acceptors (Lipinski definition) is 2. The number of benzene rings is 1. The van der Waals surface area contributed by atoms with Gasteiger partial charge in [0.2, 0.25) is 5.91 Å². The summed E-state index contributed by atoms with van der Waals surface area (Å²) in [6.45, 7) is 1.58. The van der Waals surface area contributed by atoms with Crippen LogP contribution in [0, 0.1) is 5.92 Å². The highest BCUT2D eigenvalue weighted by Gasteiger charge is 2.28. The Balaban J connectivity index is 1.98. The zero-order valence-electron chi connectivity index (χ0n) is 9.60. The third-order valence-electron chi connectivity index (χ3n) is 3.09. The van der Waals surface area contributed by atoms with E-state index < -0.39 is 0 Å². The number of aliphatic hydroxyl groups is 1. The zero-order chi connectivity index (χ0) is 12.3. The Labute approximate surface area is 110 Å². The maximum atomic E-state index is 11.7. The highest BCUT2D eigenvalue weighted by atomic mass is 79.9. The molecule has 0 bridgehead atoms. The summed E-state index contributed by atoms with van der Waals surface area (Å²) in [6.07, 6.45) is 0.653. The van der Waals surface area contributed by atoms with E-state index in [1.54, 1.807) is 0 Å². The molecule has 0 saturated carbocycles. The van der Waals surface area contributed by atoms with Gasteiger partial charge in [-0.25, -0.2) is 0 Å². The van der Waals surface area contributed by atoms with Gasteiger partial charge in [-0.2, -0.15) is 0 Å². The van der Waals surface area contributed by atoms with Gasteiger partial charge in [0.25, 0.3) is 0 Å². The number of likely N-dealkylation sites (tertiary alicyclic amines) is 1. The molecule has 0 radical (unpaired) electrons. The van der Waals surface area contributed by atoms with Crippen LogP contribution >= 0.6 is 15.9 Å². The Morgan fingerprint density at radius 1 is 1.29 bits per heavy atom. The lowest BCUT2D eigenvalue weighted by Gasteiger charge is -2.16. The van der Waals surface area contributed by atoms with Crippen molar-refractivity contribution in [1.82, 2.24) is 4.90 Å². The molecule has 1 atom stereocenters. The fraction of sp³-hybridized carbons (Fsp3) is 0.462. The van der Waals surface area contributed by atoms with E-state index in [0.29, 0.717) is 18.9 Å². The highest BCUT2D eigenvalue weighted by Crippen LogP contribution is 2.21. The summed E-state index contributed by atoms with van der Waals surface area (Å²) in [4.78, 5) is 13.6. The Morgan fingerprint density at radius 3 is 2.47 bits per heavy atom. The minimum absolute atomic E-state index is 0.0641. The van der Waals surface area contributed by atoms with E-state index in [-0.39, 0.29) is 12.5 Å². The van der Waals surface area contributed by atoms with E-state index in [0.717, 1.165) is 23.0 Å². The third-order valence-corrected chi connectivity index (χ3v) is 4.01. The molecule has 17 heavy (non-hydrogen) atoms. The number of halogens is 1. The fourth-order valence-corrected chi connectivity index (χ4v) is 2.51. The van der Waals surface area contributed by atoms with Crippen LogP contribution in [0.5, 0.6) is 0 Å². The number of aliphatic hydroxyl groups excluding tert-OH is 1. The number of carbonyl (C=O) groups is 1. The van der Waals surface area contributed by atoms with Crippen molar-refractivity contribution in [3.63, 3.8) is 0 Å². The second kappa shape index (κ2) is 5.65. The lowest BCUT2D eigenvalue weighted by atomic mass is 10.1. The van der Waals surface area contributed by atoms with Gasteiger partial charge in [-0.15, -0.1) is 0 Å². The van der Waals surface area contributed by atoms with Crippen molar-refractivity contribution in [1.29, 1.82) is 0 Å². The van der Waals surface area contributed by atoms with Crippen LogP contribution in [0.3, 0.4) is 0 Å². The van der Waals surface area contributed by atoms with Crippen molar-refractivity contribution in [3.05, 3.63) is 35.4 Å². The molecular formula is C13H16BrNO2. The number of nitrogens with zero attached hydrogens (tertiary/aromatic N) is 1. The van der Waals surface area contributed by atoms with Gasteiger partial charge in [-0.3, -0.25) is 4.79 Å². The van der Waals surface area contributed by atoms with Crippen LogP contribution in [0.4, 0.5) is 0 Å². The number of hydrogen-bond donors (Lipinski definition) is 1. The summed E-state index contributed by atoms with van der Waals surface area (Å²) >= 11 is 3.43. The topological polar surface area (TPSA) is 40.5 Å². The van der Waals surface area contributed by atoms with Crippen LogP contribution in [0.25, 0.3) is 0 Å². The maximum Gasteiger partial charge on any atom is 0.223 e. The largest absolute Gasteiger partial charge is 0.392 e. The van der Waals surface area contributed by atoms with Gasteiger partial charge in [0.1, 0.15) is 0 Å². The minimum atomic E-state index is 0.0641. The molecule has 3 nitrogen and oxygen atoms in total. The van der Waals surface area contributed by atoms with Crippen LogP contribution in [-0.2, 0) is 17.9 Å². The van der Waals surface area contributed by atoms with Gasteiger partial charge in [0.15, 0.2) is 0 Å². The third kappa shape index (κ3) is 3.07. The molecule has 0 spiro atoms. The first kappa shape index (κ1) is 12.6. The van der Waals surface area contributed by atoms with Crippen LogP contribution in [0.15, 0.2) is 24.3 Å². The molecule has 4 heteroatoms. The van der Waals surface area contributed by atoms with Crippen LogP contribution in [0.2, 0.25) is 0 Å². The molecule has 1 aromatic carbocycles. The lowest BCUT2D eigenvalue weighted by Crippen LogP contribution is -2.24.